The number of hydrogen-bond acceptors (Lipinski definition) is 4. The van der Waals surface area contributed by atoms with Crippen LogP contribution in [-0.4, -0.2) is 19.0 Å². The molecule has 4 heteroatoms. The molecule has 0 fully saturated rings. The Bertz CT molecular complexity index is 415. The third-order valence-corrected chi connectivity index (χ3v) is 2.49. The highest BCUT2D eigenvalue weighted by atomic mass is 16.5. The zero-order chi connectivity index (χ0) is 11.5. The van der Waals surface area contributed by atoms with Gasteiger partial charge < -0.3 is 15.2 Å². The van der Waals surface area contributed by atoms with Gasteiger partial charge in [-0.1, -0.05) is 6.92 Å². The first-order chi connectivity index (χ1) is 7.74. The summed E-state index contributed by atoms with van der Waals surface area (Å²) in [6.07, 6.45) is 1.33. The Kier molecular flexibility index (Phi) is 2.99. The number of ether oxygens (including phenoxy) is 2. The van der Waals surface area contributed by atoms with Gasteiger partial charge in [0, 0.05) is 6.42 Å². The van der Waals surface area contributed by atoms with E-state index in [9.17, 15) is 4.79 Å². The number of carbonyl (C=O) groups excluding carboxylic acids is 1. The number of nitrogen functional groups attached to an aromatic ring is 1. The lowest BCUT2D eigenvalue weighted by Gasteiger charge is -2.19. The van der Waals surface area contributed by atoms with Gasteiger partial charge in [-0.3, -0.25) is 4.79 Å². The predicted molar refractivity (Wildman–Crippen MR) is 61.1 cm³/mol. The van der Waals surface area contributed by atoms with Gasteiger partial charge in [0.25, 0.3) is 0 Å². The van der Waals surface area contributed by atoms with Crippen LogP contribution in [0.5, 0.6) is 11.5 Å². The lowest BCUT2D eigenvalue weighted by Crippen LogP contribution is -2.17. The third-order valence-electron chi connectivity index (χ3n) is 2.49. The number of hydrogen-bond donors (Lipinski definition) is 1. The summed E-state index contributed by atoms with van der Waals surface area (Å²) in [4.78, 5) is 11.6. The normalized spacial score (nSPS) is 14.2. The van der Waals surface area contributed by atoms with Crippen molar-refractivity contribution in [2.45, 2.75) is 19.8 Å². The molecule has 16 heavy (non-hydrogen) atoms. The van der Waals surface area contributed by atoms with Crippen molar-refractivity contribution in [1.29, 1.82) is 0 Å². The summed E-state index contributed by atoms with van der Waals surface area (Å²) < 4.78 is 10.9. The molecule has 0 atom stereocenters. The molecule has 1 aliphatic rings. The van der Waals surface area contributed by atoms with Crippen LogP contribution in [-0.2, 0) is 0 Å². The molecule has 0 radical (unpaired) electrons. The van der Waals surface area contributed by atoms with Gasteiger partial charge in [-0.25, -0.2) is 0 Å². The summed E-state index contributed by atoms with van der Waals surface area (Å²) in [5.41, 5.74) is 6.90. The van der Waals surface area contributed by atoms with Crippen LogP contribution in [0.15, 0.2) is 12.1 Å². The smallest absolute Gasteiger partial charge is 0.170 e. The van der Waals surface area contributed by atoms with Crippen LogP contribution in [0, 0.1) is 0 Å². The van der Waals surface area contributed by atoms with Crippen molar-refractivity contribution in [2.24, 2.45) is 0 Å². The van der Waals surface area contributed by atoms with Crippen LogP contribution in [0.1, 0.15) is 30.1 Å². The Hall–Kier alpha value is -1.71. The second-order valence-corrected chi connectivity index (χ2v) is 3.72. The van der Waals surface area contributed by atoms with E-state index in [-0.39, 0.29) is 5.78 Å². The quantitative estimate of drug-likeness (QED) is 0.793. The van der Waals surface area contributed by atoms with Crippen LogP contribution >= 0.6 is 0 Å². The van der Waals surface area contributed by atoms with Gasteiger partial charge in [-0.15, -0.1) is 0 Å². The van der Waals surface area contributed by atoms with Crippen LogP contribution in [0.25, 0.3) is 0 Å². The highest BCUT2D eigenvalue weighted by molar-refractivity contribution is 6.01. The zero-order valence-electron chi connectivity index (χ0n) is 9.29. The Balaban J connectivity index is 2.35. The van der Waals surface area contributed by atoms with E-state index in [1.165, 1.54) is 0 Å². The minimum Gasteiger partial charge on any atom is -0.491 e. The SMILES string of the molecule is CCCOc1ccc2c(c1N)OCCC2=O. The minimum absolute atomic E-state index is 0.0787. The van der Waals surface area contributed by atoms with Gasteiger partial charge in [-0.05, 0) is 18.6 Å². The van der Waals surface area contributed by atoms with Crippen molar-refractivity contribution in [2.75, 3.05) is 18.9 Å². The largest absolute Gasteiger partial charge is 0.491 e. The summed E-state index contributed by atoms with van der Waals surface area (Å²) in [5.74, 6) is 1.15. The maximum Gasteiger partial charge on any atom is 0.170 e. The van der Waals surface area contributed by atoms with E-state index in [0.29, 0.717) is 42.4 Å². The third kappa shape index (κ3) is 1.83. The minimum atomic E-state index is 0.0787. The van der Waals surface area contributed by atoms with Crippen LogP contribution in [0.2, 0.25) is 0 Å². The van der Waals surface area contributed by atoms with Gasteiger partial charge in [0.15, 0.2) is 11.5 Å². The van der Waals surface area contributed by atoms with Gasteiger partial charge in [0.1, 0.15) is 11.4 Å². The molecule has 1 aromatic carbocycles. The van der Waals surface area contributed by atoms with E-state index in [4.69, 9.17) is 15.2 Å². The van der Waals surface area contributed by atoms with Crippen molar-refractivity contribution in [1.82, 2.24) is 0 Å². The number of benzene rings is 1. The average Bonchev–Trinajstić information content (AvgIpc) is 2.29. The van der Waals surface area contributed by atoms with Crippen LogP contribution in [0.3, 0.4) is 0 Å². The Morgan fingerprint density at radius 3 is 3.06 bits per heavy atom. The Morgan fingerprint density at radius 2 is 2.31 bits per heavy atom. The van der Waals surface area contributed by atoms with E-state index < -0.39 is 0 Å². The molecule has 2 N–H and O–H groups in total. The topological polar surface area (TPSA) is 61.6 Å². The summed E-state index contributed by atoms with van der Waals surface area (Å²) in [7, 11) is 0. The molecule has 0 saturated heterocycles. The summed E-state index contributed by atoms with van der Waals surface area (Å²) in [6, 6.07) is 3.45. The molecular weight excluding hydrogens is 206 g/mol. The number of rotatable bonds is 3. The first-order valence-electron chi connectivity index (χ1n) is 5.45. The van der Waals surface area contributed by atoms with Gasteiger partial charge >= 0.3 is 0 Å². The van der Waals surface area contributed by atoms with E-state index in [1.807, 2.05) is 6.92 Å². The lowest BCUT2D eigenvalue weighted by molar-refractivity contribution is 0.0934. The summed E-state index contributed by atoms with van der Waals surface area (Å²) in [6.45, 7) is 3.03. The highest BCUT2D eigenvalue weighted by Gasteiger charge is 2.22. The molecule has 1 heterocycles. The molecule has 0 aromatic heterocycles. The highest BCUT2D eigenvalue weighted by Crippen LogP contribution is 2.37. The van der Waals surface area contributed by atoms with Gasteiger partial charge in [0.05, 0.1) is 18.8 Å². The molecule has 0 aliphatic carbocycles. The number of ketones is 1. The van der Waals surface area contributed by atoms with Crippen molar-refractivity contribution in [3.8, 4) is 11.5 Å². The van der Waals surface area contributed by atoms with E-state index in [1.54, 1.807) is 12.1 Å². The van der Waals surface area contributed by atoms with E-state index in [0.717, 1.165) is 6.42 Å². The molecule has 1 aromatic rings. The predicted octanol–water partition coefficient (Wildman–Crippen LogP) is 2.02. The van der Waals surface area contributed by atoms with Crippen molar-refractivity contribution >= 4 is 11.5 Å². The fraction of sp³-hybridized carbons (Fsp3) is 0.417. The fourth-order valence-electron chi connectivity index (χ4n) is 1.67. The first-order valence-corrected chi connectivity index (χ1v) is 5.45. The maximum atomic E-state index is 11.6. The Morgan fingerprint density at radius 1 is 1.50 bits per heavy atom. The molecule has 0 saturated carbocycles. The molecule has 4 nitrogen and oxygen atoms in total. The van der Waals surface area contributed by atoms with E-state index in [2.05, 4.69) is 0 Å². The molecule has 1 aliphatic heterocycles. The number of Topliss-reactive ketones (excluding diaryl/α,β-unsaturated/α-hetero) is 1. The van der Waals surface area contributed by atoms with Crippen LogP contribution < -0.4 is 15.2 Å². The number of nitrogens with two attached hydrogens (primary N) is 1. The van der Waals surface area contributed by atoms with Crippen molar-refractivity contribution in [3.63, 3.8) is 0 Å². The maximum absolute atomic E-state index is 11.6. The van der Waals surface area contributed by atoms with Crippen molar-refractivity contribution in [3.05, 3.63) is 17.7 Å². The molecule has 0 unspecified atom stereocenters. The fourth-order valence-corrected chi connectivity index (χ4v) is 1.67. The standard InChI is InChI=1S/C12H15NO3/c1-2-6-15-10-4-3-8-9(14)5-7-16-12(8)11(10)13/h3-4H,2,5-7,13H2,1H3. The average molecular weight is 221 g/mol. The monoisotopic (exact) mass is 221 g/mol. The molecular formula is C12H15NO3. The van der Waals surface area contributed by atoms with Crippen LogP contribution in [0.4, 0.5) is 5.69 Å². The Labute approximate surface area is 94.3 Å². The molecule has 0 spiro atoms. The van der Waals surface area contributed by atoms with Gasteiger partial charge in [-0.2, -0.15) is 0 Å². The van der Waals surface area contributed by atoms with Crippen molar-refractivity contribution < 1.29 is 14.3 Å². The molecule has 2 rings (SSSR count). The number of fused-ring (bicyclic) bond motifs is 1. The zero-order valence-corrected chi connectivity index (χ0v) is 9.29. The first kappa shape index (κ1) is 10.8. The summed E-state index contributed by atoms with van der Waals surface area (Å²) >= 11 is 0. The molecule has 86 valence electrons. The second kappa shape index (κ2) is 4.43. The number of anilines is 1. The molecule has 0 amide bonds. The lowest BCUT2D eigenvalue weighted by atomic mass is 10.0. The van der Waals surface area contributed by atoms with Gasteiger partial charge in [0.2, 0.25) is 0 Å². The van der Waals surface area contributed by atoms with E-state index >= 15 is 0 Å². The number of carbonyl (C=O) groups is 1. The molecule has 0 bridgehead atoms. The second-order valence-electron chi connectivity index (χ2n) is 3.72. The summed E-state index contributed by atoms with van der Waals surface area (Å²) in [5, 5.41) is 0.